The minimum atomic E-state index is -1.07. The zero-order chi connectivity index (χ0) is 27.5. The summed E-state index contributed by atoms with van der Waals surface area (Å²) in [7, 11) is 0. The summed E-state index contributed by atoms with van der Waals surface area (Å²) >= 11 is 0. The normalized spacial score (nSPS) is 15.6. The molecule has 2 aliphatic carbocycles. The Balaban J connectivity index is 1.67. The number of pyridine rings is 1. The van der Waals surface area contributed by atoms with E-state index < -0.39 is 11.6 Å². The molecule has 9 heteroatoms. The summed E-state index contributed by atoms with van der Waals surface area (Å²) in [5, 5.41) is 26.1. The monoisotopic (exact) mass is 531 g/mol. The largest absolute Gasteiger partial charge is 0.492 e. The molecule has 6 rings (SSSR count). The standard InChI is InChI=1S/C30H33N3O6/c1-5-37-24-12-18(29(34)35)13-25(38-6-2)28(24)33-15-22(30(36,20-7-8-20)21-9-10-21)27-23(33)11-19(14-31-27)26-16(3)32-39-17(26)4/h11-15,20-21,36H,5-10H2,1-4H3,(H,34,35). The Morgan fingerprint density at radius 1 is 1.08 bits per heavy atom. The Morgan fingerprint density at radius 2 is 1.69 bits per heavy atom. The van der Waals surface area contributed by atoms with Gasteiger partial charge in [0.1, 0.15) is 22.9 Å². The van der Waals surface area contributed by atoms with Gasteiger partial charge in [-0.1, -0.05) is 5.16 Å². The highest BCUT2D eigenvalue weighted by Crippen LogP contribution is 2.59. The fourth-order valence-electron chi connectivity index (χ4n) is 5.91. The van der Waals surface area contributed by atoms with Crippen LogP contribution in [-0.2, 0) is 5.60 Å². The molecule has 2 fully saturated rings. The summed E-state index contributed by atoms with van der Waals surface area (Å²) in [4.78, 5) is 16.9. The first-order chi connectivity index (χ1) is 18.8. The second kappa shape index (κ2) is 9.41. The molecular weight excluding hydrogens is 498 g/mol. The summed E-state index contributed by atoms with van der Waals surface area (Å²) in [5.74, 6) is 0.776. The van der Waals surface area contributed by atoms with E-state index in [0.717, 1.165) is 53.6 Å². The van der Waals surface area contributed by atoms with E-state index in [1.807, 2.05) is 50.7 Å². The van der Waals surface area contributed by atoms with Gasteiger partial charge in [-0.3, -0.25) is 4.98 Å². The van der Waals surface area contributed by atoms with Crippen LogP contribution in [0.4, 0.5) is 0 Å². The van der Waals surface area contributed by atoms with Crippen LogP contribution in [0, 0.1) is 25.7 Å². The number of carboxylic acids is 1. The number of hydrogen-bond donors (Lipinski definition) is 2. The molecule has 4 aromatic rings. The quantitative estimate of drug-likeness (QED) is 0.263. The van der Waals surface area contributed by atoms with Crippen molar-refractivity contribution in [2.45, 2.75) is 59.0 Å². The van der Waals surface area contributed by atoms with Crippen molar-refractivity contribution >= 4 is 17.0 Å². The van der Waals surface area contributed by atoms with Gasteiger partial charge in [-0.15, -0.1) is 0 Å². The number of fused-ring (bicyclic) bond motifs is 1. The average Bonchev–Trinajstić information content (AvgIpc) is 3.84. The first-order valence-electron chi connectivity index (χ1n) is 13.6. The van der Waals surface area contributed by atoms with E-state index in [9.17, 15) is 15.0 Å². The number of carbonyl (C=O) groups is 1. The summed E-state index contributed by atoms with van der Waals surface area (Å²) in [6.07, 6.45) is 7.70. The van der Waals surface area contributed by atoms with Crippen molar-refractivity contribution in [1.29, 1.82) is 0 Å². The lowest BCUT2D eigenvalue weighted by Gasteiger charge is -2.28. The van der Waals surface area contributed by atoms with E-state index >= 15 is 0 Å². The summed E-state index contributed by atoms with van der Waals surface area (Å²) in [5.41, 5.74) is 4.40. The van der Waals surface area contributed by atoms with Gasteiger partial charge in [-0.05, 0) is 83.4 Å². The topological polar surface area (TPSA) is 120 Å². The van der Waals surface area contributed by atoms with Crippen LogP contribution < -0.4 is 9.47 Å². The van der Waals surface area contributed by atoms with Crippen molar-refractivity contribution in [3.05, 3.63) is 53.2 Å². The summed E-state index contributed by atoms with van der Waals surface area (Å²) < 4.78 is 19.4. The number of rotatable bonds is 10. The van der Waals surface area contributed by atoms with Gasteiger partial charge < -0.3 is 28.8 Å². The Hall–Kier alpha value is -3.85. The van der Waals surface area contributed by atoms with E-state index in [-0.39, 0.29) is 17.4 Å². The number of nitrogens with zero attached hydrogens (tertiary/aromatic N) is 3. The number of aliphatic hydroxyl groups is 1. The lowest BCUT2D eigenvalue weighted by molar-refractivity contribution is -0.00901. The van der Waals surface area contributed by atoms with Crippen LogP contribution in [-0.4, -0.2) is 44.1 Å². The maximum absolute atomic E-state index is 12.2. The number of aromatic carboxylic acids is 1. The van der Waals surface area contributed by atoms with Gasteiger partial charge in [0.15, 0.2) is 0 Å². The highest BCUT2D eigenvalue weighted by atomic mass is 16.5. The number of carboxylic acid groups (broad SMARTS) is 1. The van der Waals surface area contributed by atoms with Gasteiger partial charge in [0.05, 0.1) is 41.1 Å². The zero-order valence-corrected chi connectivity index (χ0v) is 22.7. The highest BCUT2D eigenvalue weighted by Gasteiger charge is 2.55. The lowest BCUT2D eigenvalue weighted by Crippen LogP contribution is -2.31. The van der Waals surface area contributed by atoms with Crippen molar-refractivity contribution in [3.8, 4) is 28.3 Å². The van der Waals surface area contributed by atoms with E-state index in [0.29, 0.717) is 41.7 Å². The van der Waals surface area contributed by atoms with Crippen molar-refractivity contribution in [3.63, 3.8) is 0 Å². The third kappa shape index (κ3) is 4.16. The third-order valence-corrected chi connectivity index (χ3v) is 7.92. The molecule has 1 aromatic carbocycles. The number of aromatic nitrogens is 3. The molecule has 2 N–H and O–H groups in total. The van der Waals surface area contributed by atoms with Crippen molar-refractivity contribution < 1.29 is 29.0 Å². The first-order valence-corrected chi connectivity index (χ1v) is 13.6. The molecule has 39 heavy (non-hydrogen) atoms. The zero-order valence-electron chi connectivity index (χ0n) is 22.7. The lowest BCUT2D eigenvalue weighted by atomic mass is 9.85. The summed E-state index contributed by atoms with van der Waals surface area (Å²) in [6, 6.07) is 5.07. The Labute approximate surface area is 226 Å². The number of hydrogen-bond acceptors (Lipinski definition) is 7. The molecule has 0 bridgehead atoms. The maximum Gasteiger partial charge on any atom is 0.335 e. The second-order valence-electron chi connectivity index (χ2n) is 10.6. The molecule has 0 amide bonds. The van der Waals surface area contributed by atoms with E-state index in [2.05, 4.69) is 5.16 Å². The molecule has 0 spiro atoms. The molecule has 0 radical (unpaired) electrons. The number of benzene rings is 1. The molecule has 9 nitrogen and oxygen atoms in total. The van der Waals surface area contributed by atoms with Gasteiger partial charge in [0.2, 0.25) is 0 Å². The van der Waals surface area contributed by atoms with Gasteiger partial charge in [-0.2, -0.15) is 0 Å². The molecule has 0 unspecified atom stereocenters. The van der Waals surface area contributed by atoms with E-state index in [1.165, 1.54) is 12.1 Å². The van der Waals surface area contributed by atoms with Gasteiger partial charge >= 0.3 is 5.97 Å². The Bertz CT molecular complexity index is 1520. The van der Waals surface area contributed by atoms with Crippen LogP contribution in [0.15, 0.2) is 35.1 Å². The molecule has 0 saturated heterocycles. The minimum Gasteiger partial charge on any atom is -0.492 e. The fraction of sp³-hybridized carbons (Fsp3) is 0.433. The smallest absolute Gasteiger partial charge is 0.335 e. The molecule has 3 heterocycles. The molecule has 2 saturated carbocycles. The Morgan fingerprint density at radius 3 is 2.18 bits per heavy atom. The molecule has 0 atom stereocenters. The van der Waals surface area contributed by atoms with E-state index in [1.54, 1.807) is 0 Å². The molecular formula is C30H33N3O6. The predicted molar refractivity (Wildman–Crippen MR) is 145 cm³/mol. The maximum atomic E-state index is 12.2. The SMILES string of the molecule is CCOc1cc(C(=O)O)cc(OCC)c1-n1cc(C(O)(C2CC2)C2CC2)c2ncc(-c3c(C)noc3C)cc21. The van der Waals surface area contributed by atoms with Crippen LogP contribution in [0.1, 0.15) is 66.9 Å². The predicted octanol–water partition coefficient (Wildman–Crippen LogP) is 5.80. The van der Waals surface area contributed by atoms with Crippen molar-refractivity contribution in [2.75, 3.05) is 13.2 Å². The Kier molecular flexibility index (Phi) is 6.14. The average molecular weight is 532 g/mol. The van der Waals surface area contributed by atoms with Crippen LogP contribution in [0.25, 0.3) is 27.8 Å². The highest BCUT2D eigenvalue weighted by molar-refractivity contribution is 5.92. The third-order valence-electron chi connectivity index (χ3n) is 7.92. The minimum absolute atomic E-state index is 0.0735. The van der Waals surface area contributed by atoms with Crippen LogP contribution in [0.3, 0.4) is 0 Å². The van der Waals surface area contributed by atoms with Crippen molar-refractivity contribution in [2.24, 2.45) is 11.8 Å². The van der Waals surface area contributed by atoms with Crippen LogP contribution in [0.2, 0.25) is 0 Å². The van der Waals surface area contributed by atoms with Crippen LogP contribution in [0.5, 0.6) is 11.5 Å². The van der Waals surface area contributed by atoms with Crippen LogP contribution >= 0.6 is 0 Å². The van der Waals surface area contributed by atoms with E-state index in [4.69, 9.17) is 19.0 Å². The molecule has 0 aliphatic heterocycles. The van der Waals surface area contributed by atoms with Gasteiger partial charge in [0, 0.05) is 29.1 Å². The number of aryl methyl sites for hydroxylation is 2. The van der Waals surface area contributed by atoms with Gasteiger partial charge in [0.25, 0.3) is 0 Å². The fourth-order valence-corrected chi connectivity index (χ4v) is 5.91. The molecule has 2 aliphatic rings. The second-order valence-corrected chi connectivity index (χ2v) is 10.6. The first kappa shape index (κ1) is 25.4. The van der Waals surface area contributed by atoms with Crippen molar-refractivity contribution in [1.82, 2.24) is 14.7 Å². The molecule has 3 aromatic heterocycles. The number of ether oxygens (including phenoxy) is 2. The summed E-state index contributed by atoms with van der Waals surface area (Å²) in [6.45, 7) is 8.15. The van der Waals surface area contributed by atoms with Gasteiger partial charge in [-0.25, -0.2) is 4.79 Å². The molecule has 204 valence electrons.